The van der Waals surface area contributed by atoms with Crippen molar-refractivity contribution in [2.75, 3.05) is 59.8 Å². The summed E-state index contributed by atoms with van der Waals surface area (Å²) in [5, 5.41) is 0. The molecule has 23 nitrogen and oxygen atoms in total. The van der Waals surface area contributed by atoms with Crippen LogP contribution in [0.5, 0.6) is 11.5 Å². The van der Waals surface area contributed by atoms with Crippen molar-refractivity contribution in [1.82, 2.24) is 4.90 Å². The fourth-order valence-electron chi connectivity index (χ4n) is 6.76. The van der Waals surface area contributed by atoms with E-state index in [4.69, 9.17) is 66.3 Å². The molecule has 0 aromatic heterocycles. The lowest BCUT2D eigenvalue weighted by molar-refractivity contribution is -0.354. The van der Waals surface area contributed by atoms with E-state index in [0.717, 1.165) is 48.5 Å². The van der Waals surface area contributed by atoms with E-state index in [1.807, 2.05) is 0 Å². The second-order valence-electron chi connectivity index (χ2n) is 14.2. The van der Waals surface area contributed by atoms with E-state index in [2.05, 4.69) is 4.90 Å². The minimum Gasteiger partial charge on any atom is -0.493 e. The van der Waals surface area contributed by atoms with E-state index in [1.165, 1.54) is 25.3 Å². The number of methoxy groups -OCH3 is 1. The zero-order chi connectivity index (χ0) is 46.4. The molecule has 0 N–H and O–H groups in total. The van der Waals surface area contributed by atoms with Crippen LogP contribution in [-0.4, -0.2) is 174 Å². The van der Waals surface area contributed by atoms with Crippen LogP contribution in [0.4, 0.5) is 0 Å². The number of esters is 8. The van der Waals surface area contributed by atoms with Gasteiger partial charge in [0.15, 0.2) is 42.2 Å². The number of hydrogen-bond donors (Lipinski definition) is 0. The number of hydrogen-bond acceptors (Lipinski definition) is 23. The summed E-state index contributed by atoms with van der Waals surface area (Å²) in [7, 11) is 1.30. The van der Waals surface area contributed by atoms with Gasteiger partial charge in [-0.15, -0.1) is 0 Å². The molecule has 1 aromatic rings. The van der Waals surface area contributed by atoms with Gasteiger partial charge in [0.1, 0.15) is 38.1 Å². The third kappa shape index (κ3) is 15.0. The first-order chi connectivity index (χ1) is 29.9. The van der Waals surface area contributed by atoms with Gasteiger partial charge in [0.25, 0.3) is 0 Å². The normalized spacial score (nSPS) is 27.0. The molecule has 0 radical (unpaired) electrons. The first kappa shape index (κ1) is 50.0. The average molecular weight is 900 g/mol. The summed E-state index contributed by atoms with van der Waals surface area (Å²) in [5.41, 5.74) is 0.103. The quantitative estimate of drug-likeness (QED) is 0.140. The van der Waals surface area contributed by atoms with Crippen LogP contribution >= 0.6 is 0 Å². The van der Waals surface area contributed by atoms with Crippen molar-refractivity contribution in [2.24, 2.45) is 0 Å². The number of carbonyl (C=O) groups is 8. The Hall–Kier alpha value is -5.62. The highest BCUT2D eigenvalue weighted by Gasteiger charge is 2.58. The number of ether oxygens (including phenoxy) is 14. The predicted octanol–water partition coefficient (Wildman–Crippen LogP) is 0.183. The molecule has 0 bridgehead atoms. The van der Waals surface area contributed by atoms with Crippen LogP contribution in [-0.2, 0) is 90.4 Å². The maximum Gasteiger partial charge on any atom is 0.338 e. The summed E-state index contributed by atoms with van der Waals surface area (Å²) in [6.07, 6.45) is -16.6. The Bertz CT molecular complexity index is 1800. The minimum absolute atomic E-state index is 0.000697. The summed E-state index contributed by atoms with van der Waals surface area (Å²) in [5.74, 6) is -6.89. The number of nitrogens with zero attached hydrogens (tertiary/aromatic N) is 1. The van der Waals surface area contributed by atoms with Crippen molar-refractivity contribution in [3.63, 3.8) is 0 Å². The van der Waals surface area contributed by atoms with Gasteiger partial charge in [-0.3, -0.25) is 38.5 Å². The fraction of sp³-hybridized carbons (Fsp3) is 0.650. The average Bonchev–Trinajstić information content (AvgIpc) is 3.20. The van der Waals surface area contributed by atoms with Crippen LogP contribution in [0.25, 0.3) is 0 Å². The summed E-state index contributed by atoms with van der Waals surface area (Å²) in [6.45, 7) is 9.28. The molecular weight excluding hydrogens is 846 g/mol. The molecule has 3 fully saturated rings. The van der Waals surface area contributed by atoms with Crippen LogP contribution in [0, 0.1) is 0 Å². The van der Waals surface area contributed by atoms with Crippen molar-refractivity contribution in [3.8, 4) is 11.5 Å². The van der Waals surface area contributed by atoms with Crippen LogP contribution in [0.2, 0.25) is 0 Å². The van der Waals surface area contributed by atoms with Crippen molar-refractivity contribution < 1.29 is 105 Å². The molecule has 10 atom stereocenters. The van der Waals surface area contributed by atoms with Gasteiger partial charge in [-0.25, -0.2) is 4.79 Å². The Labute approximate surface area is 361 Å². The molecule has 0 saturated carbocycles. The number of carbonyl (C=O) groups excluding carboxylic acids is 8. The highest BCUT2D eigenvalue weighted by Crippen LogP contribution is 2.38. The van der Waals surface area contributed by atoms with E-state index in [0.29, 0.717) is 32.8 Å². The Morgan fingerprint density at radius 2 is 1.05 bits per heavy atom. The number of morpholine rings is 1. The molecule has 3 aliphatic rings. The SMILES string of the molecule is COc1cc(C(=O)OCCN2CCOCC2)ccc1OC1OC(COC(C)=O)C(OC2OC(COC(C)=O)C(OC(C)=O)C(OC(C)=O)C2OC(C)=O)C(OC(C)=O)C1OC(C)=O. The molecule has 3 aliphatic heterocycles. The van der Waals surface area contributed by atoms with Crippen molar-refractivity contribution in [1.29, 1.82) is 0 Å². The Kier molecular flexibility index (Phi) is 18.8. The molecule has 350 valence electrons. The Morgan fingerprint density at radius 1 is 0.571 bits per heavy atom. The third-order valence-corrected chi connectivity index (χ3v) is 9.27. The van der Waals surface area contributed by atoms with Gasteiger partial charge in [0.2, 0.25) is 12.4 Å². The van der Waals surface area contributed by atoms with Crippen LogP contribution in [0.15, 0.2) is 18.2 Å². The van der Waals surface area contributed by atoms with Gasteiger partial charge in [-0.1, -0.05) is 0 Å². The molecule has 4 rings (SSSR count). The van der Waals surface area contributed by atoms with Crippen LogP contribution in [0.3, 0.4) is 0 Å². The lowest BCUT2D eigenvalue weighted by atomic mass is 9.96. The van der Waals surface area contributed by atoms with E-state index in [-0.39, 0.29) is 23.7 Å². The van der Waals surface area contributed by atoms with Crippen LogP contribution < -0.4 is 9.47 Å². The zero-order valence-corrected chi connectivity index (χ0v) is 36.1. The maximum atomic E-state index is 13.0. The zero-order valence-electron chi connectivity index (χ0n) is 36.1. The number of benzene rings is 1. The summed E-state index contributed by atoms with van der Waals surface area (Å²) >= 11 is 0. The predicted molar refractivity (Wildman–Crippen MR) is 204 cm³/mol. The van der Waals surface area contributed by atoms with E-state index < -0.39 is 122 Å². The highest BCUT2D eigenvalue weighted by molar-refractivity contribution is 5.90. The van der Waals surface area contributed by atoms with E-state index in [9.17, 15) is 38.4 Å². The molecule has 0 amide bonds. The van der Waals surface area contributed by atoms with E-state index in [1.54, 1.807) is 0 Å². The van der Waals surface area contributed by atoms with Crippen molar-refractivity contribution in [3.05, 3.63) is 23.8 Å². The summed E-state index contributed by atoms with van der Waals surface area (Å²) < 4.78 is 79.5. The van der Waals surface area contributed by atoms with Crippen LogP contribution in [0.1, 0.15) is 58.8 Å². The lowest BCUT2D eigenvalue weighted by Gasteiger charge is -2.48. The Balaban J connectivity index is 1.73. The first-order valence-corrected chi connectivity index (χ1v) is 19.8. The summed E-state index contributed by atoms with van der Waals surface area (Å²) in [4.78, 5) is 102. The Morgan fingerprint density at radius 3 is 1.57 bits per heavy atom. The second-order valence-corrected chi connectivity index (χ2v) is 14.2. The van der Waals surface area contributed by atoms with Gasteiger partial charge in [0.05, 0.1) is 25.9 Å². The van der Waals surface area contributed by atoms with Crippen molar-refractivity contribution >= 4 is 47.8 Å². The van der Waals surface area contributed by atoms with Gasteiger partial charge in [-0.05, 0) is 18.2 Å². The lowest BCUT2D eigenvalue weighted by Crippen LogP contribution is -2.67. The highest BCUT2D eigenvalue weighted by atomic mass is 16.8. The molecule has 0 spiro atoms. The van der Waals surface area contributed by atoms with Gasteiger partial charge < -0.3 is 66.3 Å². The molecule has 63 heavy (non-hydrogen) atoms. The number of rotatable bonds is 18. The maximum absolute atomic E-state index is 13.0. The third-order valence-electron chi connectivity index (χ3n) is 9.27. The minimum atomic E-state index is -1.87. The molecule has 1 aromatic carbocycles. The molecule has 23 heteroatoms. The molecule has 3 heterocycles. The van der Waals surface area contributed by atoms with Gasteiger partial charge >= 0.3 is 47.8 Å². The topological polar surface area (TPSA) is 269 Å². The molecular formula is C40H53NO22. The fourth-order valence-corrected chi connectivity index (χ4v) is 6.76. The summed E-state index contributed by atoms with van der Waals surface area (Å²) in [6, 6.07) is 4.08. The van der Waals surface area contributed by atoms with Gasteiger partial charge in [0, 0.05) is 68.1 Å². The van der Waals surface area contributed by atoms with E-state index >= 15 is 0 Å². The monoisotopic (exact) mass is 899 g/mol. The second kappa shape index (κ2) is 23.7. The standard InChI is InChI=1S/C40H53NO22/c1-20(42)53-18-30-32(55-22(3)44)34(56-23(4)45)37(59-26(7)48)40(62-30)63-33-31(19-54-21(2)43)61-39(36(58-25(6)47)35(33)57-24(5)46)60-28-10-9-27(17-29(28)50-8)38(49)52-16-13-41-11-14-51-15-12-41/h9-10,17,30-37,39-40H,11-16,18-19H2,1-8H3. The largest absolute Gasteiger partial charge is 0.493 e. The molecule has 0 aliphatic carbocycles. The first-order valence-electron chi connectivity index (χ1n) is 19.8. The molecule has 3 saturated heterocycles. The molecule has 10 unspecified atom stereocenters. The van der Waals surface area contributed by atoms with Crippen molar-refractivity contribution in [2.45, 2.75) is 110 Å². The smallest absolute Gasteiger partial charge is 0.338 e. The van der Waals surface area contributed by atoms with Gasteiger partial charge in [-0.2, -0.15) is 0 Å².